The molecule has 1 aliphatic heterocycles. The number of nitrogens with zero attached hydrogens (tertiary/aromatic N) is 1. The van der Waals surface area contributed by atoms with Gasteiger partial charge in [0.2, 0.25) is 5.91 Å². The molecule has 0 saturated carbocycles. The Morgan fingerprint density at radius 1 is 1.21 bits per heavy atom. The van der Waals surface area contributed by atoms with Gasteiger partial charge in [0.05, 0.1) is 0 Å². The minimum absolute atomic E-state index is 0. The number of ether oxygens (including phenoxy) is 1. The van der Waals surface area contributed by atoms with Crippen LogP contribution in [-0.4, -0.2) is 22.3 Å². The van der Waals surface area contributed by atoms with Gasteiger partial charge < -0.3 is 35.1 Å². The van der Waals surface area contributed by atoms with Crippen LogP contribution in [-0.2, 0) is 31.4 Å². The second-order valence-corrected chi connectivity index (χ2v) is 7.91. The largest absolute Gasteiger partial charge is 0.748 e. The van der Waals surface area contributed by atoms with E-state index < -0.39 is 17.2 Å². The SMILES string of the molecule is CC=CC[C@]1(C)C(=O)O[C@@H]([c-]2cccc2)N1C(=O)C(C)(C)C.[Fe].[cH-]1[cH-][cH-][cH-][cH-]1. The van der Waals surface area contributed by atoms with Crippen LogP contribution in [0.3, 0.4) is 0 Å². The molecule has 1 fully saturated rings. The van der Waals surface area contributed by atoms with Crippen molar-refractivity contribution in [3.05, 3.63) is 72.3 Å². The fraction of sp³-hybridized carbons (Fsp3) is 0.391. The molecule has 28 heavy (non-hydrogen) atoms. The van der Waals surface area contributed by atoms with Crippen LogP contribution in [0, 0.1) is 5.41 Å². The molecule has 4 nitrogen and oxygen atoms in total. The van der Waals surface area contributed by atoms with Gasteiger partial charge in [0, 0.05) is 22.5 Å². The molecule has 1 saturated heterocycles. The molecule has 0 aromatic heterocycles. The third kappa shape index (κ3) is 5.24. The zero-order valence-corrected chi connectivity index (χ0v) is 18.3. The van der Waals surface area contributed by atoms with Crippen molar-refractivity contribution < 1.29 is 31.4 Å². The van der Waals surface area contributed by atoms with E-state index in [0.29, 0.717) is 6.42 Å². The third-order valence-corrected chi connectivity index (χ3v) is 4.57. The minimum atomic E-state index is -0.973. The van der Waals surface area contributed by atoms with Crippen LogP contribution < -0.4 is 0 Å². The number of amides is 1. The summed E-state index contributed by atoms with van der Waals surface area (Å²) in [6, 6.07) is 17.5. The van der Waals surface area contributed by atoms with Gasteiger partial charge in [-0.05, 0) is 20.3 Å². The molecule has 1 aliphatic rings. The van der Waals surface area contributed by atoms with Crippen LogP contribution >= 0.6 is 0 Å². The molecule has 1 heterocycles. The number of cyclic esters (lactones) is 1. The van der Waals surface area contributed by atoms with E-state index in [9.17, 15) is 9.59 Å². The summed E-state index contributed by atoms with van der Waals surface area (Å²) in [5.41, 5.74) is -0.732. The first-order valence-electron chi connectivity index (χ1n) is 9.26. The topological polar surface area (TPSA) is 46.6 Å². The standard InChI is InChI=1S/C18H24NO3.C5H5.Fe/c1-6-7-12-18(5)16(21)22-14(13-10-8-9-11-13)19(18)15(20)17(2,3)4;1-2-4-5-3-1;/h6-11,14H,12H2,1-5H3;1-5H;/q-1;-5;/t14-,18+;;/m0../s1. The maximum atomic E-state index is 13.0. The Morgan fingerprint density at radius 3 is 2.14 bits per heavy atom. The van der Waals surface area contributed by atoms with E-state index in [4.69, 9.17) is 4.74 Å². The first-order chi connectivity index (χ1) is 12.7. The van der Waals surface area contributed by atoms with Crippen molar-refractivity contribution in [3.63, 3.8) is 0 Å². The maximum absolute atomic E-state index is 13.0. The van der Waals surface area contributed by atoms with Crippen LogP contribution in [0.5, 0.6) is 0 Å². The van der Waals surface area contributed by atoms with Crippen molar-refractivity contribution in [2.75, 3.05) is 0 Å². The number of carbonyl (C=O) groups excluding carboxylic acids is 2. The van der Waals surface area contributed by atoms with Gasteiger partial charge in [-0.25, -0.2) is 16.9 Å². The molecule has 2 atom stereocenters. The van der Waals surface area contributed by atoms with Gasteiger partial charge in [-0.1, -0.05) is 38.5 Å². The van der Waals surface area contributed by atoms with Crippen LogP contribution in [0.2, 0.25) is 0 Å². The summed E-state index contributed by atoms with van der Waals surface area (Å²) in [7, 11) is 0. The zero-order valence-electron chi connectivity index (χ0n) is 17.2. The molecule has 2 aromatic rings. The zero-order chi connectivity index (χ0) is 20.1. The average Bonchev–Trinajstić information content (AvgIpc) is 3.36. The quantitative estimate of drug-likeness (QED) is 0.303. The smallest absolute Gasteiger partial charge is 0.333 e. The molecular weight excluding hydrogens is 394 g/mol. The normalized spacial score (nSPS) is 21.7. The number of hydrogen-bond acceptors (Lipinski definition) is 3. The van der Waals surface area contributed by atoms with Gasteiger partial charge in [0.15, 0.2) is 6.23 Å². The summed E-state index contributed by atoms with van der Waals surface area (Å²) in [5, 5.41) is 0. The van der Waals surface area contributed by atoms with Gasteiger partial charge in [-0.15, -0.1) is 0 Å². The summed E-state index contributed by atoms with van der Waals surface area (Å²) < 4.78 is 5.58. The van der Waals surface area contributed by atoms with E-state index in [1.807, 2.05) is 94.4 Å². The molecule has 0 bridgehead atoms. The van der Waals surface area contributed by atoms with E-state index in [-0.39, 0.29) is 28.9 Å². The first kappa shape index (κ1) is 23.9. The first-order valence-corrected chi connectivity index (χ1v) is 9.26. The molecule has 3 rings (SSSR count). The summed E-state index contributed by atoms with van der Waals surface area (Å²) in [6.07, 6.45) is 3.58. The van der Waals surface area contributed by atoms with Crippen LogP contribution in [0.15, 0.2) is 66.7 Å². The Hall–Kier alpha value is -2.10. The molecule has 0 unspecified atom stereocenters. The van der Waals surface area contributed by atoms with Gasteiger partial charge in [-0.3, -0.25) is 9.69 Å². The predicted octanol–water partition coefficient (Wildman–Crippen LogP) is 4.96. The Balaban J connectivity index is 0.000000567. The molecule has 0 radical (unpaired) electrons. The maximum Gasteiger partial charge on any atom is 0.333 e. The van der Waals surface area contributed by atoms with Crippen molar-refractivity contribution in [2.24, 2.45) is 5.41 Å². The molecule has 0 spiro atoms. The molecule has 0 aliphatic carbocycles. The molecule has 5 heteroatoms. The summed E-state index contributed by atoms with van der Waals surface area (Å²) in [5.74, 6) is -0.439. The number of carbonyl (C=O) groups is 2. The van der Waals surface area contributed by atoms with Gasteiger partial charge in [0.25, 0.3) is 0 Å². The van der Waals surface area contributed by atoms with Crippen LogP contribution in [0.4, 0.5) is 0 Å². The van der Waals surface area contributed by atoms with Crippen molar-refractivity contribution >= 4 is 11.9 Å². The Morgan fingerprint density at radius 2 is 1.71 bits per heavy atom. The van der Waals surface area contributed by atoms with Crippen molar-refractivity contribution in [3.8, 4) is 0 Å². The molecule has 158 valence electrons. The monoisotopic (exact) mass is 423 g/mol. The molecule has 1 amide bonds. The van der Waals surface area contributed by atoms with Crippen molar-refractivity contribution in [1.29, 1.82) is 0 Å². The van der Waals surface area contributed by atoms with Crippen LogP contribution in [0.25, 0.3) is 0 Å². The van der Waals surface area contributed by atoms with Gasteiger partial charge in [-0.2, -0.15) is 12.1 Å². The predicted molar refractivity (Wildman–Crippen MR) is 107 cm³/mol. The van der Waals surface area contributed by atoms with E-state index in [0.717, 1.165) is 5.56 Å². The van der Waals surface area contributed by atoms with Crippen molar-refractivity contribution in [2.45, 2.75) is 52.8 Å². The molecule has 0 N–H and O–H groups in total. The van der Waals surface area contributed by atoms with E-state index >= 15 is 0 Å². The Labute approximate surface area is 178 Å². The van der Waals surface area contributed by atoms with Crippen molar-refractivity contribution in [1.82, 2.24) is 4.90 Å². The fourth-order valence-corrected chi connectivity index (χ4v) is 2.95. The number of esters is 1. The number of hydrogen-bond donors (Lipinski definition) is 0. The minimum Gasteiger partial charge on any atom is -0.748 e. The van der Waals surface area contributed by atoms with Gasteiger partial charge in [0.1, 0.15) is 5.54 Å². The summed E-state index contributed by atoms with van der Waals surface area (Å²) in [6.45, 7) is 9.25. The summed E-state index contributed by atoms with van der Waals surface area (Å²) in [4.78, 5) is 27.1. The molecular formula is C23H29FeNO3-6. The third-order valence-electron chi connectivity index (χ3n) is 4.57. The second kappa shape index (κ2) is 9.90. The van der Waals surface area contributed by atoms with E-state index in [1.165, 1.54) is 0 Å². The van der Waals surface area contributed by atoms with Crippen LogP contribution in [0.1, 0.15) is 52.8 Å². The molecule has 2 aromatic carbocycles. The van der Waals surface area contributed by atoms with E-state index in [2.05, 4.69) is 0 Å². The summed E-state index contributed by atoms with van der Waals surface area (Å²) >= 11 is 0. The van der Waals surface area contributed by atoms with Gasteiger partial charge >= 0.3 is 5.97 Å². The number of rotatable bonds is 3. The number of allylic oxidation sites excluding steroid dienone is 1. The second-order valence-electron chi connectivity index (χ2n) is 7.91. The Kier molecular flexibility index (Phi) is 8.47. The average molecular weight is 423 g/mol. The Bertz CT molecular complexity index is 739. The van der Waals surface area contributed by atoms with E-state index in [1.54, 1.807) is 11.8 Å². The fourth-order valence-electron chi connectivity index (χ4n) is 2.95.